The maximum Gasteiger partial charge on any atom is 0.191 e. The molecule has 1 aliphatic carbocycles. The summed E-state index contributed by atoms with van der Waals surface area (Å²) in [5, 5.41) is 7.04. The van der Waals surface area contributed by atoms with E-state index in [2.05, 4.69) is 27.1 Å². The van der Waals surface area contributed by atoms with E-state index in [9.17, 15) is 0 Å². The molecule has 1 saturated heterocycles. The van der Waals surface area contributed by atoms with Crippen LogP contribution >= 0.6 is 24.0 Å². The molecule has 1 saturated carbocycles. The molecular formula is C21H41IN4O. The molecule has 6 heteroatoms. The Morgan fingerprint density at radius 1 is 1.11 bits per heavy atom. The number of nitrogens with one attached hydrogen (secondary N) is 2. The molecule has 2 rings (SSSR count). The number of aliphatic imine (C=N–C) groups is 1. The highest BCUT2D eigenvalue weighted by Crippen LogP contribution is 2.20. The predicted octanol–water partition coefficient (Wildman–Crippen LogP) is 3.94. The maximum absolute atomic E-state index is 5.99. The van der Waals surface area contributed by atoms with Crippen molar-refractivity contribution in [3.8, 4) is 0 Å². The molecular weight excluding hydrogens is 451 g/mol. The molecule has 27 heavy (non-hydrogen) atoms. The number of unbranched alkanes of at least 4 members (excludes halogenated alkanes) is 2. The van der Waals surface area contributed by atoms with Crippen LogP contribution in [0.2, 0.25) is 0 Å². The van der Waals surface area contributed by atoms with Crippen LogP contribution in [0.4, 0.5) is 0 Å². The Morgan fingerprint density at radius 3 is 2.52 bits per heavy atom. The fourth-order valence-corrected chi connectivity index (χ4v) is 3.92. The van der Waals surface area contributed by atoms with Crippen LogP contribution in [0.1, 0.15) is 64.2 Å². The van der Waals surface area contributed by atoms with Gasteiger partial charge in [-0.2, -0.15) is 0 Å². The summed E-state index contributed by atoms with van der Waals surface area (Å²) in [6.07, 6.45) is 15.1. The second-order valence-electron chi connectivity index (χ2n) is 7.70. The zero-order valence-corrected chi connectivity index (χ0v) is 19.6. The van der Waals surface area contributed by atoms with Crippen LogP contribution in [0.15, 0.2) is 17.6 Å². The first-order valence-electron chi connectivity index (χ1n) is 10.7. The highest BCUT2D eigenvalue weighted by molar-refractivity contribution is 14.0. The van der Waals surface area contributed by atoms with Gasteiger partial charge in [-0.05, 0) is 44.9 Å². The summed E-state index contributed by atoms with van der Waals surface area (Å²) in [7, 11) is 1.86. The lowest BCUT2D eigenvalue weighted by Gasteiger charge is -2.32. The molecule has 0 aromatic carbocycles. The zero-order chi connectivity index (χ0) is 18.5. The molecule has 0 amide bonds. The van der Waals surface area contributed by atoms with E-state index in [0.29, 0.717) is 12.1 Å². The zero-order valence-electron chi connectivity index (χ0n) is 17.3. The lowest BCUT2D eigenvalue weighted by atomic mass is 9.98. The van der Waals surface area contributed by atoms with Gasteiger partial charge < -0.3 is 15.4 Å². The van der Waals surface area contributed by atoms with Gasteiger partial charge in [-0.25, -0.2) is 0 Å². The third kappa shape index (κ3) is 10.7. The van der Waals surface area contributed by atoms with E-state index in [4.69, 9.17) is 4.74 Å². The van der Waals surface area contributed by atoms with Crippen molar-refractivity contribution in [2.45, 2.75) is 76.4 Å². The smallest absolute Gasteiger partial charge is 0.191 e. The Balaban J connectivity index is 0.00000364. The van der Waals surface area contributed by atoms with Crippen LogP contribution in [-0.4, -0.2) is 62.8 Å². The quantitative estimate of drug-likeness (QED) is 0.160. The molecule has 5 nitrogen and oxygen atoms in total. The molecule has 2 fully saturated rings. The molecule has 1 aliphatic heterocycles. The highest BCUT2D eigenvalue weighted by atomic mass is 127. The van der Waals surface area contributed by atoms with E-state index in [1.807, 2.05) is 13.1 Å². The van der Waals surface area contributed by atoms with Gasteiger partial charge in [-0.3, -0.25) is 9.89 Å². The van der Waals surface area contributed by atoms with Crippen LogP contribution in [-0.2, 0) is 4.74 Å². The van der Waals surface area contributed by atoms with Crippen molar-refractivity contribution >= 4 is 29.9 Å². The lowest BCUT2D eigenvalue weighted by molar-refractivity contribution is 0.0264. The molecule has 2 N–H and O–H groups in total. The molecule has 158 valence electrons. The van der Waals surface area contributed by atoms with E-state index in [-0.39, 0.29) is 24.0 Å². The van der Waals surface area contributed by atoms with Gasteiger partial charge in [0.25, 0.3) is 0 Å². The van der Waals surface area contributed by atoms with E-state index >= 15 is 0 Å². The van der Waals surface area contributed by atoms with Crippen molar-refractivity contribution < 1.29 is 4.74 Å². The van der Waals surface area contributed by atoms with Gasteiger partial charge in [0.15, 0.2) is 5.96 Å². The van der Waals surface area contributed by atoms with Crippen molar-refractivity contribution in [1.29, 1.82) is 0 Å². The third-order valence-corrected chi connectivity index (χ3v) is 5.56. The minimum absolute atomic E-state index is 0. The van der Waals surface area contributed by atoms with Gasteiger partial charge in [0, 0.05) is 45.9 Å². The molecule has 2 aliphatic rings. The molecule has 1 heterocycles. The van der Waals surface area contributed by atoms with E-state index in [1.165, 1.54) is 64.2 Å². The summed E-state index contributed by atoms with van der Waals surface area (Å²) in [6.45, 7) is 9.03. The van der Waals surface area contributed by atoms with Crippen molar-refractivity contribution in [3.05, 3.63) is 12.7 Å². The summed E-state index contributed by atoms with van der Waals surface area (Å²) in [6, 6.07) is 0.533. The first kappa shape index (κ1) is 24.7. The number of piperidine rings is 1. The summed E-state index contributed by atoms with van der Waals surface area (Å²) < 4.78 is 5.99. The SMILES string of the molecule is C=CCN1CCC(NC(=NC)NCCCCCOC2CCCCC2)CC1.I. The molecule has 0 radical (unpaired) electrons. The normalized spacial score (nSPS) is 20.1. The Bertz CT molecular complexity index is 405. The Kier molecular flexibility index (Phi) is 14.2. The van der Waals surface area contributed by atoms with Crippen LogP contribution in [0.3, 0.4) is 0 Å². The van der Waals surface area contributed by atoms with Gasteiger partial charge in [-0.1, -0.05) is 25.3 Å². The summed E-state index contributed by atoms with van der Waals surface area (Å²) in [4.78, 5) is 6.83. The van der Waals surface area contributed by atoms with Crippen molar-refractivity contribution in [2.24, 2.45) is 4.99 Å². The monoisotopic (exact) mass is 492 g/mol. The largest absolute Gasteiger partial charge is 0.378 e. The molecule has 0 spiro atoms. The van der Waals surface area contributed by atoms with E-state index in [0.717, 1.165) is 38.7 Å². The second kappa shape index (κ2) is 15.6. The molecule has 0 bridgehead atoms. The van der Waals surface area contributed by atoms with Crippen LogP contribution in [0.25, 0.3) is 0 Å². The van der Waals surface area contributed by atoms with Crippen LogP contribution in [0.5, 0.6) is 0 Å². The highest BCUT2D eigenvalue weighted by Gasteiger charge is 2.18. The maximum atomic E-state index is 5.99. The van der Waals surface area contributed by atoms with Gasteiger partial charge in [-0.15, -0.1) is 30.6 Å². The first-order valence-corrected chi connectivity index (χ1v) is 10.7. The number of ether oxygens (including phenoxy) is 1. The summed E-state index contributed by atoms with van der Waals surface area (Å²) in [5.41, 5.74) is 0. The number of rotatable bonds is 10. The van der Waals surface area contributed by atoms with Gasteiger partial charge in [0.2, 0.25) is 0 Å². The van der Waals surface area contributed by atoms with Crippen LogP contribution in [0, 0.1) is 0 Å². The van der Waals surface area contributed by atoms with Gasteiger partial charge in [0.1, 0.15) is 0 Å². The predicted molar refractivity (Wildman–Crippen MR) is 126 cm³/mol. The van der Waals surface area contributed by atoms with Crippen molar-refractivity contribution in [3.63, 3.8) is 0 Å². The van der Waals surface area contributed by atoms with Crippen molar-refractivity contribution in [2.75, 3.05) is 39.8 Å². The fraction of sp³-hybridized carbons (Fsp3) is 0.857. The van der Waals surface area contributed by atoms with E-state index in [1.54, 1.807) is 0 Å². The van der Waals surface area contributed by atoms with E-state index < -0.39 is 0 Å². The average Bonchev–Trinajstić information content (AvgIpc) is 2.68. The number of nitrogens with zero attached hydrogens (tertiary/aromatic N) is 2. The lowest BCUT2D eigenvalue weighted by Crippen LogP contribution is -2.48. The number of hydrogen-bond donors (Lipinski definition) is 2. The molecule has 0 aromatic rings. The second-order valence-corrected chi connectivity index (χ2v) is 7.70. The Morgan fingerprint density at radius 2 is 1.85 bits per heavy atom. The minimum atomic E-state index is 0. The van der Waals surface area contributed by atoms with Crippen molar-refractivity contribution in [1.82, 2.24) is 15.5 Å². The van der Waals surface area contributed by atoms with Crippen LogP contribution < -0.4 is 10.6 Å². The minimum Gasteiger partial charge on any atom is -0.378 e. The van der Waals surface area contributed by atoms with Gasteiger partial charge >= 0.3 is 0 Å². The topological polar surface area (TPSA) is 48.9 Å². The number of halogens is 1. The average molecular weight is 492 g/mol. The number of guanidine groups is 1. The summed E-state index contributed by atoms with van der Waals surface area (Å²) in [5.74, 6) is 0.950. The Hall–Kier alpha value is -0.340. The third-order valence-electron chi connectivity index (χ3n) is 5.56. The van der Waals surface area contributed by atoms with Gasteiger partial charge in [0.05, 0.1) is 6.10 Å². The number of likely N-dealkylation sites (tertiary alicyclic amines) is 1. The Labute approximate surface area is 183 Å². The number of hydrogen-bond acceptors (Lipinski definition) is 3. The molecule has 0 unspecified atom stereocenters. The standard InChI is InChI=1S/C21H40N4O.HI/c1-3-15-25-16-12-19(13-17-25)24-21(22-2)23-14-8-5-9-18-26-20-10-6-4-7-11-20;/h3,19-20H,1,4-18H2,2H3,(H2,22,23,24);1H. The first-order chi connectivity index (χ1) is 12.8. The summed E-state index contributed by atoms with van der Waals surface area (Å²) >= 11 is 0. The fourth-order valence-electron chi connectivity index (χ4n) is 3.92. The molecule has 0 atom stereocenters. The molecule has 0 aromatic heterocycles.